The summed E-state index contributed by atoms with van der Waals surface area (Å²) in [6.07, 6.45) is 6.10. The monoisotopic (exact) mass is 380 g/mol. The minimum Gasteiger partial charge on any atom is -0.347 e. The number of nitrogens with zero attached hydrogens (tertiary/aromatic N) is 6. The maximum atomic E-state index is 12.6. The summed E-state index contributed by atoms with van der Waals surface area (Å²) in [5, 5.41) is 15.5. The number of likely N-dealkylation sites (N-methyl/N-ethyl adjacent to an activating group) is 1. The van der Waals surface area contributed by atoms with Gasteiger partial charge in [-0.15, -0.1) is 5.10 Å². The number of hydrogen-bond acceptors (Lipinski definition) is 6. The Hall–Kier alpha value is -3.10. The Bertz CT molecular complexity index is 1020. The van der Waals surface area contributed by atoms with Crippen LogP contribution in [0.2, 0.25) is 0 Å². The maximum absolute atomic E-state index is 12.6. The Balaban J connectivity index is 1.49. The van der Waals surface area contributed by atoms with Gasteiger partial charge in [-0.2, -0.15) is 10.1 Å². The molecule has 1 saturated carbocycles. The summed E-state index contributed by atoms with van der Waals surface area (Å²) in [6, 6.07) is 5.73. The Labute approximate surface area is 162 Å². The third-order valence-electron chi connectivity index (χ3n) is 5.48. The highest BCUT2D eigenvalue weighted by Gasteiger charge is 2.34. The van der Waals surface area contributed by atoms with E-state index in [1.54, 1.807) is 23.5 Å². The molecule has 3 aromatic heterocycles. The lowest BCUT2D eigenvalue weighted by Crippen LogP contribution is -2.43. The molecule has 3 aromatic rings. The average molecular weight is 380 g/mol. The Morgan fingerprint density at radius 2 is 2.18 bits per heavy atom. The number of H-pyrrole nitrogens is 1. The Morgan fingerprint density at radius 1 is 1.32 bits per heavy atom. The minimum absolute atomic E-state index is 0.0876. The van der Waals surface area contributed by atoms with E-state index in [9.17, 15) is 4.79 Å². The van der Waals surface area contributed by atoms with Gasteiger partial charge < -0.3 is 15.1 Å². The van der Waals surface area contributed by atoms with Gasteiger partial charge in [-0.3, -0.25) is 9.89 Å². The highest BCUT2D eigenvalue weighted by atomic mass is 16.2. The molecule has 2 N–H and O–H groups in total. The van der Waals surface area contributed by atoms with Crippen molar-refractivity contribution in [1.29, 1.82) is 0 Å². The molecule has 1 amide bonds. The Kier molecular flexibility index (Phi) is 3.96. The molecule has 9 heteroatoms. The van der Waals surface area contributed by atoms with E-state index in [4.69, 9.17) is 4.98 Å². The molecule has 2 aliphatic rings. The quantitative estimate of drug-likeness (QED) is 0.704. The zero-order valence-electron chi connectivity index (χ0n) is 16.1. The third kappa shape index (κ3) is 2.96. The van der Waals surface area contributed by atoms with Gasteiger partial charge in [0, 0.05) is 44.5 Å². The van der Waals surface area contributed by atoms with E-state index >= 15 is 0 Å². The second kappa shape index (κ2) is 6.50. The highest BCUT2D eigenvalue weighted by Crippen LogP contribution is 2.39. The van der Waals surface area contributed by atoms with Gasteiger partial charge in [0.2, 0.25) is 11.9 Å². The highest BCUT2D eigenvalue weighted by molar-refractivity contribution is 5.85. The summed E-state index contributed by atoms with van der Waals surface area (Å²) in [4.78, 5) is 21.0. The summed E-state index contributed by atoms with van der Waals surface area (Å²) in [5.74, 6) is 2.69. The lowest BCUT2D eigenvalue weighted by molar-refractivity contribution is -0.129. The second-order valence-electron chi connectivity index (χ2n) is 7.79. The van der Waals surface area contributed by atoms with Crippen LogP contribution in [0.1, 0.15) is 37.3 Å². The molecule has 5 rings (SSSR count). The normalized spacial score (nSPS) is 19.4. The van der Waals surface area contributed by atoms with E-state index in [2.05, 4.69) is 20.6 Å². The number of carbonyl (C=O) groups is 1. The molecule has 4 heterocycles. The van der Waals surface area contributed by atoms with Crippen molar-refractivity contribution in [3.8, 4) is 0 Å². The molecular weight excluding hydrogens is 356 g/mol. The molecule has 0 spiro atoms. The predicted octanol–water partition coefficient (Wildman–Crippen LogP) is 2.13. The van der Waals surface area contributed by atoms with Gasteiger partial charge in [-0.25, -0.2) is 4.52 Å². The van der Waals surface area contributed by atoms with Crippen molar-refractivity contribution in [2.75, 3.05) is 30.9 Å². The molecule has 1 saturated heterocycles. The van der Waals surface area contributed by atoms with Gasteiger partial charge in [0.25, 0.3) is 0 Å². The molecule has 146 valence electrons. The smallest absolute Gasteiger partial charge is 0.246 e. The van der Waals surface area contributed by atoms with E-state index in [1.807, 2.05) is 29.3 Å². The number of hydrogen-bond donors (Lipinski definition) is 2. The molecular formula is C19H24N8O. The van der Waals surface area contributed by atoms with E-state index in [-0.39, 0.29) is 11.9 Å². The Morgan fingerprint density at radius 3 is 2.96 bits per heavy atom. The van der Waals surface area contributed by atoms with Crippen LogP contribution in [0.5, 0.6) is 0 Å². The molecule has 1 aliphatic heterocycles. The number of amides is 1. The number of carbonyl (C=O) groups excluding carboxylic acids is 1. The number of rotatable bonds is 5. The fraction of sp³-hybridized carbons (Fsp3) is 0.474. The van der Waals surface area contributed by atoms with Gasteiger partial charge in [0.1, 0.15) is 11.6 Å². The number of anilines is 3. The molecule has 0 radical (unpaired) electrons. The zero-order valence-corrected chi connectivity index (χ0v) is 16.1. The molecule has 0 unspecified atom stereocenters. The van der Waals surface area contributed by atoms with Gasteiger partial charge in [-0.05, 0) is 37.8 Å². The number of nitrogens with one attached hydrogen (secondary N) is 2. The maximum Gasteiger partial charge on any atom is 0.246 e. The molecule has 1 atom stereocenters. The molecule has 0 bridgehead atoms. The van der Waals surface area contributed by atoms with Crippen LogP contribution in [0.15, 0.2) is 24.4 Å². The first-order valence-corrected chi connectivity index (χ1v) is 9.75. The molecule has 28 heavy (non-hydrogen) atoms. The lowest BCUT2D eigenvalue weighted by atomic mass is 10.2. The van der Waals surface area contributed by atoms with E-state index in [1.165, 1.54) is 18.5 Å². The topological polar surface area (TPSA) is 94.5 Å². The van der Waals surface area contributed by atoms with Crippen molar-refractivity contribution in [2.45, 2.75) is 37.6 Å². The van der Waals surface area contributed by atoms with Gasteiger partial charge in [0.15, 0.2) is 11.6 Å². The van der Waals surface area contributed by atoms with Gasteiger partial charge >= 0.3 is 0 Å². The van der Waals surface area contributed by atoms with Crippen LogP contribution in [0, 0.1) is 0 Å². The van der Waals surface area contributed by atoms with Crippen molar-refractivity contribution < 1.29 is 4.79 Å². The summed E-state index contributed by atoms with van der Waals surface area (Å²) in [6.45, 7) is 0.769. The second-order valence-corrected chi connectivity index (χ2v) is 7.79. The zero-order chi connectivity index (χ0) is 19.3. The summed E-state index contributed by atoms with van der Waals surface area (Å²) < 4.78 is 1.80. The van der Waals surface area contributed by atoms with E-state index < -0.39 is 0 Å². The van der Waals surface area contributed by atoms with Crippen LogP contribution in [0.25, 0.3) is 5.52 Å². The van der Waals surface area contributed by atoms with Crippen molar-refractivity contribution in [3.05, 3.63) is 30.1 Å². The van der Waals surface area contributed by atoms with Crippen molar-refractivity contribution in [1.82, 2.24) is 29.7 Å². The fourth-order valence-electron chi connectivity index (χ4n) is 3.82. The van der Waals surface area contributed by atoms with Gasteiger partial charge in [-0.1, -0.05) is 0 Å². The summed E-state index contributed by atoms with van der Waals surface area (Å²) >= 11 is 0. The van der Waals surface area contributed by atoms with Crippen LogP contribution in [-0.4, -0.2) is 62.3 Å². The van der Waals surface area contributed by atoms with E-state index in [0.717, 1.165) is 30.7 Å². The lowest BCUT2D eigenvalue weighted by Gasteiger charge is -2.26. The average Bonchev–Trinajstić information content (AvgIpc) is 3.10. The predicted molar refractivity (Wildman–Crippen MR) is 106 cm³/mol. The van der Waals surface area contributed by atoms with E-state index in [0.29, 0.717) is 17.7 Å². The fourth-order valence-corrected chi connectivity index (χ4v) is 3.82. The number of aromatic nitrogens is 5. The van der Waals surface area contributed by atoms with Crippen molar-refractivity contribution >= 4 is 29.0 Å². The van der Waals surface area contributed by atoms with Crippen LogP contribution >= 0.6 is 0 Å². The summed E-state index contributed by atoms with van der Waals surface area (Å²) in [7, 11) is 3.58. The summed E-state index contributed by atoms with van der Waals surface area (Å²) in [5.41, 5.74) is 2.04. The van der Waals surface area contributed by atoms with Crippen LogP contribution in [0.4, 0.5) is 17.6 Å². The van der Waals surface area contributed by atoms with Crippen LogP contribution in [0.3, 0.4) is 0 Å². The minimum atomic E-state index is -0.220. The molecule has 9 nitrogen and oxygen atoms in total. The SMILES string of the molecule is CN(C)C(=O)[C@@H]1CCCN1c1nc(Nc2cc(C3CC3)[nH]n2)c2cccn2n1. The van der Waals surface area contributed by atoms with Crippen molar-refractivity contribution in [3.63, 3.8) is 0 Å². The number of fused-ring (bicyclic) bond motifs is 1. The largest absolute Gasteiger partial charge is 0.347 e. The van der Waals surface area contributed by atoms with Crippen LogP contribution < -0.4 is 10.2 Å². The van der Waals surface area contributed by atoms with Crippen LogP contribution in [-0.2, 0) is 4.79 Å². The third-order valence-corrected chi connectivity index (χ3v) is 5.48. The molecule has 0 aromatic carbocycles. The standard InChI is InChI=1S/C19H24N8O/c1-25(2)18(28)15-6-3-9-26(15)19-21-17(14-5-4-10-27(14)24-19)20-16-11-13(22-23-16)12-7-8-12/h4-5,10-12,15H,3,6-9H2,1-2H3,(H2,20,21,22,23,24)/t15-/m0/s1. The number of aromatic amines is 1. The van der Waals surface area contributed by atoms with Crippen molar-refractivity contribution in [2.24, 2.45) is 0 Å². The van der Waals surface area contributed by atoms with Gasteiger partial charge in [0.05, 0.1) is 0 Å². The molecule has 2 fully saturated rings. The first-order valence-electron chi connectivity index (χ1n) is 9.75. The first-order chi connectivity index (χ1) is 13.6. The first kappa shape index (κ1) is 17.0. The molecule has 1 aliphatic carbocycles.